The van der Waals surface area contributed by atoms with Crippen LogP contribution in [0.5, 0.6) is 0 Å². The van der Waals surface area contributed by atoms with E-state index in [1.54, 1.807) is 12.1 Å². The zero-order chi connectivity index (χ0) is 12.3. The molecule has 2 unspecified atom stereocenters. The van der Waals surface area contributed by atoms with E-state index >= 15 is 0 Å². The summed E-state index contributed by atoms with van der Waals surface area (Å²) in [4.78, 5) is 0.641. The summed E-state index contributed by atoms with van der Waals surface area (Å²) in [6, 6.07) is 7.75. The van der Waals surface area contributed by atoms with Gasteiger partial charge in [-0.2, -0.15) is 8.78 Å². The summed E-state index contributed by atoms with van der Waals surface area (Å²) in [5, 5.41) is 3.39. The molecule has 0 radical (unpaired) electrons. The molecule has 0 amide bonds. The maximum Gasteiger partial charge on any atom is 0.288 e. The molecule has 0 bridgehead atoms. The third kappa shape index (κ3) is 3.60. The van der Waals surface area contributed by atoms with Crippen LogP contribution in [0.15, 0.2) is 29.2 Å². The molecule has 17 heavy (non-hydrogen) atoms. The molecule has 0 aromatic heterocycles. The van der Waals surface area contributed by atoms with Crippen molar-refractivity contribution in [1.82, 2.24) is 0 Å². The van der Waals surface area contributed by atoms with Gasteiger partial charge in [-0.3, -0.25) is 0 Å². The van der Waals surface area contributed by atoms with Crippen molar-refractivity contribution in [1.29, 1.82) is 0 Å². The van der Waals surface area contributed by atoms with Crippen LogP contribution in [0.4, 0.5) is 14.5 Å². The zero-order valence-corrected chi connectivity index (χ0v) is 10.6. The smallest absolute Gasteiger partial charge is 0.288 e. The minimum absolute atomic E-state index is 0.435. The van der Waals surface area contributed by atoms with E-state index in [9.17, 15) is 8.78 Å². The topological polar surface area (TPSA) is 12.0 Å². The molecular formula is C13H17F2NS. The number of hydrogen-bond acceptors (Lipinski definition) is 2. The van der Waals surface area contributed by atoms with E-state index in [1.165, 1.54) is 6.42 Å². The van der Waals surface area contributed by atoms with Crippen LogP contribution in [-0.4, -0.2) is 11.8 Å². The van der Waals surface area contributed by atoms with Crippen molar-refractivity contribution in [3.05, 3.63) is 24.3 Å². The molecule has 0 heterocycles. The maximum atomic E-state index is 12.4. The fourth-order valence-electron chi connectivity index (χ4n) is 2.34. The van der Waals surface area contributed by atoms with Gasteiger partial charge in [-0.15, -0.1) is 0 Å². The van der Waals surface area contributed by atoms with Crippen molar-refractivity contribution in [2.75, 3.05) is 5.32 Å². The quantitative estimate of drug-likeness (QED) is 0.791. The molecule has 1 fully saturated rings. The first-order valence-corrected chi connectivity index (χ1v) is 6.83. The SMILES string of the molecule is CC1CCC(Nc2ccccc2SC(F)F)C1. The number of rotatable bonds is 4. The van der Waals surface area contributed by atoms with Crippen LogP contribution >= 0.6 is 11.8 Å². The molecule has 1 aliphatic rings. The van der Waals surface area contributed by atoms with Crippen LogP contribution in [0.2, 0.25) is 0 Å². The van der Waals surface area contributed by atoms with Crippen molar-refractivity contribution in [3.8, 4) is 0 Å². The highest BCUT2D eigenvalue weighted by molar-refractivity contribution is 7.99. The minimum Gasteiger partial charge on any atom is -0.381 e. The predicted octanol–water partition coefficient (Wildman–Crippen LogP) is 4.60. The molecule has 1 nitrogen and oxygen atoms in total. The van der Waals surface area contributed by atoms with Gasteiger partial charge in [-0.05, 0) is 37.3 Å². The summed E-state index contributed by atoms with van der Waals surface area (Å²) >= 11 is 0.613. The van der Waals surface area contributed by atoms with Gasteiger partial charge in [0.25, 0.3) is 5.76 Å². The second-order valence-electron chi connectivity index (χ2n) is 4.63. The third-order valence-corrected chi connectivity index (χ3v) is 3.95. The van der Waals surface area contributed by atoms with Gasteiger partial charge < -0.3 is 5.32 Å². The number of hydrogen-bond donors (Lipinski definition) is 1. The minimum atomic E-state index is -2.36. The number of thioether (sulfide) groups is 1. The molecule has 1 aromatic rings. The van der Waals surface area contributed by atoms with Crippen LogP contribution in [0.1, 0.15) is 26.2 Å². The Hall–Kier alpha value is -0.770. The maximum absolute atomic E-state index is 12.4. The Bertz CT molecular complexity index is 370. The van der Waals surface area contributed by atoms with Gasteiger partial charge in [0.1, 0.15) is 0 Å². The zero-order valence-electron chi connectivity index (χ0n) is 9.83. The highest BCUT2D eigenvalue weighted by Crippen LogP contribution is 2.34. The summed E-state index contributed by atoms with van der Waals surface area (Å²) in [6.45, 7) is 2.24. The molecule has 1 aliphatic carbocycles. The number of alkyl halides is 2. The Morgan fingerprint density at radius 3 is 2.71 bits per heavy atom. The van der Waals surface area contributed by atoms with Gasteiger partial charge in [0.15, 0.2) is 0 Å². The molecule has 0 saturated heterocycles. The average Bonchev–Trinajstić information content (AvgIpc) is 2.66. The van der Waals surface area contributed by atoms with E-state index in [0.29, 0.717) is 22.7 Å². The monoisotopic (exact) mass is 257 g/mol. The van der Waals surface area contributed by atoms with E-state index in [0.717, 1.165) is 24.4 Å². The fraction of sp³-hybridized carbons (Fsp3) is 0.538. The summed E-state index contributed by atoms with van der Waals surface area (Å²) in [5.74, 6) is -1.62. The normalized spacial score (nSPS) is 24.2. The molecule has 0 spiro atoms. The van der Waals surface area contributed by atoms with Crippen molar-refractivity contribution < 1.29 is 8.78 Å². The number of benzene rings is 1. The lowest BCUT2D eigenvalue weighted by Gasteiger charge is -2.16. The van der Waals surface area contributed by atoms with Gasteiger partial charge in [-0.1, -0.05) is 30.8 Å². The Morgan fingerprint density at radius 1 is 1.29 bits per heavy atom. The Balaban J connectivity index is 2.04. The first-order chi connectivity index (χ1) is 8.15. The highest BCUT2D eigenvalue weighted by atomic mass is 32.2. The predicted molar refractivity (Wildman–Crippen MR) is 68.7 cm³/mol. The van der Waals surface area contributed by atoms with Gasteiger partial charge in [0.05, 0.1) is 0 Å². The molecule has 2 rings (SSSR count). The summed E-state index contributed by atoms with van der Waals surface area (Å²) in [6.07, 6.45) is 3.49. The van der Waals surface area contributed by atoms with Crippen molar-refractivity contribution in [2.24, 2.45) is 5.92 Å². The summed E-state index contributed by atoms with van der Waals surface area (Å²) < 4.78 is 24.8. The lowest BCUT2D eigenvalue weighted by molar-refractivity contribution is 0.252. The number of anilines is 1. The molecule has 94 valence electrons. The van der Waals surface area contributed by atoms with E-state index in [-0.39, 0.29) is 0 Å². The summed E-state index contributed by atoms with van der Waals surface area (Å²) in [7, 11) is 0. The second kappa shape index (κ2) is 5.71. The second-order valence-corrected chi connectivity index (χ2v) is 5.67. The standard InChI is InChI=1S/C13H17F2NS/c1-9-6-7-10(8-9)16-11-4-2-3-5-12(11)17-13(14)15/h2-5,9-10,13,16H,6-8H2,1H3. The Labute approximate surface area is 105 Å². The highest BCUT2D eigenvalue weighted by Gasteiger charge is 2.22. The van der Waals surface area contributed by atoms with Crippen LogP contribution in [0.25, 0.3) is 0 Å². The van der Waals surface area contributed by atoms with Gasteiger partial charge in [0, 0.05) is 16.6 Å². The van der Waals surface area contributed by atoms with Crippen molar-refractivity contribution in [2.45, 2.75) is 42.9 Å². The number of nitrogens with one attached hydrogen (secondary N) is 1. The van der Waals surface area contributed by atoms with E-state index in [2.05, 4.69) is 12.2 Å². The molecule has 2 atom stereocenters. The lowest BCUT2D eigenvalue weighted by atomic mass is 10.1. The van der Waals surface area contributed by atoms with E-state index in [4.69, 9.17) is 0 Å². The van der Waals surface area contributed by atoms with Crippen LogP contribution in [0, 0.1) is 5.92 Å². The van der Waals surface area contributed by atoms with Gasteiger partial charge >= 0.3 is 0 Å². The molecule has 1 saturated carbocycles. The molecular weight excluding hydrogens is 240 g/mol. The first-order valence-electron chi connectivity index (χ1n) is 5.95. The van der Waals surface area contributed by atoms with E-state index < -0.39 is 5.76 Å². The lowest BCUT2D eigenvalue weighted by Crippen LogP contribution is -2.15. The molecule has 4 heteroatoms. The Morgan fingerprint density at radius 2 is 2.06 bits per heavy atom. The van der Waals surface area contributed by atoms with Crippen LogP contribution < -0.4 is 5.32 Å². The number of para-hydroxylation sites is 1. The van der Waals surface area contributed by atoms with Crippen LogP contribution in [-0.2, 0) is 0 Å². The van der Waals surface area contributed by atoms with E-state index in [1.807, 2.05) is 12.1 Å². The van der Waals surface area contributed by atoms with Crippen LogP contribution in [0.3, 0.4) is 0 Å². The number of halogens is 2. The van der Waals surface area contributed by atoms with Gasteiger partial charge in [0.2, 0.25) is 0 Å². The third-order valence-electron chi connectivity index (χ3n) is 3.16. The Kier molecular flexibility index (Phi) is 4.26. The average molecular weight is 257 g/mol. The molecule has 0 aliphatic heterocycles. The van der Waals surface area contributed by atoms with Crippen molar-refractivity contribution in [3.63, 3.8) is 0 Å². The van der Waals surface area contributed by atoms with Gasteiger partial charge in [-0.25, -0.2) is 0 Å². The van der Waals surface area contributed by atoms with Crippen molar-refractivity contribution >= 4 is 17.4 Å². The summed E-state index contributed by atoms with van der Waals surface area (Å²) in [5.41, 5.74) is 0.844. The fourth-order valence-corrected chi connectivity index (χ4v) is 2.95. The molecule has 1 N–H and O–H groups in total. The largest absolute Gasteiger partial charge is 0.381 e. The first kappa shape index (κ1) is 12.7. The molecule has 1 aromatic carbocycles.